The Morgan fingerprint density at radius 2 is 2.00 bits per heavy atom. The van der Waals surface area contributed by atoms with E-state index in [9.17, 15) is 0 Å². The molecule has 0 saturated carbocycles. The highest BCUT2D eigenvalue weighted by molar-refractivity contribution is 5.43. The van der Waals surface area contributed by atoms with Gasteiger partial charge >= 0.3 is 0 Å². The number of nitrogens with two attached hydrogens (primary N) is 1. The molecule has 2 heterocycles. The molecule has 0 aliphatic carbocycles. The molecular weight excluding hydrogens is 276 g/mol. The number of benzene rings is 1. The van der Waals surface area contributed by atoms with Crippen LogP contribution in [0.5, 0.6) is 11.5 Å². The van der Waals surface area contributed by atoms with Crippen LogP contribution < -0.4 is 15.2 Å². The molecule has 1 fully saturated rings. The molecule has 4 heteroatoms. The largest absolute Gasteiger partial charge is 0.497 e. The lowest BCUT2D eigenvalue weighted by Gasteiger charge is -2.43. The van der Waals surface area contributed by atoms with Gasteiger partial charge in [-0.2, -0.15) is 0 Å². The van der Waals surface area contributed by atoms with Gasteiger partial charge in [-0.25, -0.2) is 0 Å². The number of ether oxygens (including phenoxy) is 2. The molecule has 0 spiro atoms. The highest BCUT2D eigenvalue weighted by Crippen LogP contribution is 2.37. The van der Waals surface area contributed by atoms with Gasteiger partial charge in [-0.15, -0.1) is 0 Å². The highest BCUT2D eigenvalue weighted by Gasteiger charge is 2.33. The molecule has 122 valence electrons. The lowest BCUT2D eigenvalue weighted by atomic mass is 9.88. The van der Waals surface area contributed by atoms with Crippen LogP contribution in [0.3, 0.4) is 0 Å². The van der Waals surface area contributed by atoms with Gasteiger partial charge < -0.3 is 15.2 Å². The van der Waals surface area contributed by atoms with Crippen molar-refractivity contribution in [3.63, 3.8) is 0 Å². The zero-order valence-corrected chi connectivity index (χ0v) is 13.9. The maximum Gasteiger partial charge on any atom is 0.124 e. The van der Waals surface area contributed by atoms with Crippen LogP contribution in [0.25, 0.3) is 0 Å². The molecule has 2 aliphatic heterocycles. The Labute approximate surface area is 133 Å². The summed E-state index contributed by atoms with van der Waals surface area (Å²) >= 11 is 0. The molecule has 0 radical (unpaired) electrons. The number of methoxy groups -OCH3 is 1. The minimum Gasteiger partial charge on any atom is -0.497 e. The molecule has 4 unspecified atom stereocenters. The molecular formula is C18H28N2O2. The minimum absolute atomic E-state index is 0.0141. The van der Waals surface area contributed by atoms with Crippen molar-refractivity contribution in [1.82, 2.24) is 4.90 Å². The molecule has 2 N–H and O–H groups in total. The smallest absolute Gasteiger partial charge is 0.124 e. The van der Waals surface area contributed by atoms with E-state index in [0.29, 0.717) is 24.6 Å². The van der Waals surface area contributed by atoms with E-state index in [2.05, 4.69) is 18.7 Å². The summed E-state index contributed by atoms with van der Waals surface area (Å²) in [5.41, 5.74) is 7.64. The Kier molecular flexibility index (Phi) is 4.59. The summed E-state index contributed by atoms with van der Waals surface area (Å²) in [6, 6.07) is 7.22. The third-order valence-corrected chi connectivity index (χ3v) is 5.36. The molecule has 3 rings (SSSR count). The van der Waals surface area contributed by atoms with Gasteiger partial charge in [-0.1, -0.05) is 6.42 Å². The van der Waals surface area contributed by atoms with Crippen molar-refractivity contribution in [2.24, 2.45) is 11.7 Å². The first-order valence-electron chi connectivity index (χ1n) is 8.42. The molecule has 4 atom stereocenters. The van der Waals surface area contributed by atoms with Crippen molar-refractivity contribution in [3.8, 4) is 11.5 Å². The Balaban J connectivity index is 1.75. The molecule has 0 amide bonds. The van der Waals surface area contributed by atoms with Gasteiger partial charge in [0.25, 0.3) is 0 Å². The van der Waals surface area contributed by atoms with Gasteiger partial charge in [0.1, 0.15) is 11.5 Å². The van der Waals surface area contributed by atoms with Crippen LogP contribution in [0, 0.1) is 5.92 Å². The van der Waals surface area contributed by atoms with E-state index in [1.165, 1.54) is 19.3 Å². The third-order valence-electron chi connectivity index (χ3n) is 5.36. The Bertz CT molecular complexity index is 510. The summed E-state index contributed by atoms with van der Waals surface area (Å²) in [7, 11) is 1.69. The van der Waals surface area contributed by atoms with Gasteiger partial charge in [0.05, 0.1) is 13.7 Å². The molecule has 1 aromatic carbocycles. The first-order chi connectivity index (χ1) is 10.6. The molecule has 4 nitrogen and oxygen atoms in total. The zero-order chi connectivity index (χ0) is 15.7. The summed E-state index contributed by atoms with van der Waals surface area (Å²) in [6.45, 7) is 6.39. The van der Waals surface area contributed by atoms with E-state index in [1.807, 2.05) is 18.2 Å². The number of fused-ring (bicyclic) bond motifs is 1. The number of hydrogen-bond donors (Lipinski definition) is 1. The Morgan fingerprint density at radius 1 is 1.27 bits per heavy atom. The van der Waals surface area contributed by atoms with Gasteiger partial charge in [0.2, 0.25) is 0 Å². The second-order valence-electron chi connectivity index (χ2n) is 6.83. The SMILES string of the molecule is COc1ccc2c(c1)C(N)C(CN1C(C)CCCC1C)CO2. The van der Waals surface area contributed by atoms with Gasteiger partial charge in [-0.3, -0.25) is 4.90 Å². The van der Waals surface area contributed by atoms with Crippen molar-refractivity contribution < 1.29 is 9.47 Å². The second kappa shape index (κ2) is 6.47. The van der Waals surface area contributed by atoms with Gasteiger partial charge in [-0.05, 0) is 44.9 Å². The molecule has 1 aromatic rings. The fourth-order valence-corrected chi connectivity index (χ4v) is 3.87. The molecule has 0 aromatic heterocycles. The quantitative estimate of drug-likeness (QED) is 0.932. The molecule has 2 aliphatic rings. The number of rotatable bonds is 3. The minimum atomic E-state index is 0.0141. The van der Waals surface area contributed by atoms with E-state index in [0.717, 1.165) is 23.6 Å². The summed E-state index contributed by atoms with van der Waals surface area (Å²) < 4.78 is 11.3. The topological polar surface area (TPSA) is 47.7 Å². The monoisotopic (exact) mass is 304 g/mol. The standard InChI is InChI=1S/C18H28N2O2/c1-12-5-4-6-13(2)20(12)10-14-11-22-17-8-7-15(21-3)9-16(17)18(14)19/h7-9,12-14,18H,4-6,10-11,19H2,1-3H3. The third kappa shape index (κ3) is 2.95. The van der Waals surface area contributed by atoms with E-state index >= 15 is 0 Å². The number of likely N-dealkylation sites (tertiary alicyclic amines) is 1. The molecule has 0 bridgehead atoms. The van der Waals surface area contributed by atoms with Gasteiger partial charge in [0.15, 0.2) is 0 Å². The summed E-state index contributed by atoms with van der Waals surface area (Å²) in [4.78, 5) is 2.61. The van der Waals surface area contributed by atoms with Crippen LogP contribution in [0.2, 0.25) is 0 Å². The molecule has 1 saturated heterocycles. The van der Waals surface area contributed by atoms with Crippen LogP contribution >= 0.6 is 0 Å². The predicted octanol–water partition coefficient (Wildman–Crippen LogP) is 2.97. The van der Waals surface area contributed by atoms with Gasteiger partial charge in [0, 0.05) is 36.2 Å². The molecule has 22 heavy (non-hydrogen) atoms. The van der Waals surface area contributed by atoms with Crippen LogP contribution in [0.4, 0.5) is 0 Å². The van der Waals surface area contributed by atoms with Crippen molar-refractivity contribution in [2.45, 2.75) is 51.2 Å². The van der Waals surface area contributed by atoms with Crippen LogP contribution in [-0.4, -0.2) is 37.2 Å². The van der Waals surface area contributed by atoms with Crippen molar-refractivity contribution in [1.29, 1.82) is 0 Å². The Hall–Kier alpha value is -1.26. The van der Waals surface area contributed by atoms with E-state index in [1.54, 1.807) is 7.11 Å². The van der Waals surface area contributed by atoms with E-state index in [-0.39, 0.29) is 6.04 Å². The van der Waals surface area contributed by atoms with E-state index in [4.69, 9.17) is 15.2 Å². The average Bonchev–Trinajstić information content (AvgIpc) is 2.53. The summed E-state index contributed by atoms with van der Waals surface area (Å²) in [5.74, 6) is 2.09. The maximum absolute atomic E-state index is 6.56. The average molecular weight is 304 g/mol. The Morgan fingerprint density at radius 3 is 2.68 bits per heavy atom. The first kappa shape index (κ1) is 15.6. The fourth-order valence-electron chi connectivity index (χ4n) is 3.87. The van der Waals surface area contributed by atoms with Crippen LogP contribution in [0.1, 0.15) is 44.7 Å². The van der Waals surface area contributed by atoms with Crippen LogP contribution in [-0.2, 0) is 0 Å². The zero-order valence-electron chi connectivity index (χ0n) is 13.9. The second-order valence-corrected chi connectivity index (χ2v) is 6.83. The fraction of sp³-hybridized carbons (Fsp3) is 0.667. The van der Waals surface area contributed by atoms with Crippen molar-refractivity contribution in [3.05, 3.63) is 23.8 Å². The maximum atomic E-state index is 6.56. The summed E-state index contributed by atoms with van der Waals surface area (Å²) in [5, 5.41) is 0. The predicted molar refractivity (Wildman–Crippen MR) is 88.4 cm³/mol. The van der Waals surface area contributed by atoms with Crippen LogP contribution in [0.15, 0.2) is 18.2 Å². The van der Waals surface area contributed by atoms with Crippen molar-refractivity contribution in [2.75, 3.05) is 20.3 Å². The summed E-state index contributed by atoms with van der Waals surface area (Å²) in [6.07, 6.45) is 3.92. The lowest BCUT2D eigenvalue weighted by molar-refractivity contribution is 0.0578. The van der Waals surface area contributed by atoms with E-state index < -0.39 is 0 Å². The number of hydrogen-bond acceptors (Lipinski definition) is 4. The van der Waals surface area contributed by atoms with Crippen molar-refractivity contribution >= 4 is 0 Å². The highest BCUT2D eigenvalue weighted by atomic mass is 16.5. The number of nitrogens with zero attached hydrogens (tertiary/aromatic N) is 1. The number of piperidine rings is 1. The normalized spacial score (nSPS) is 32.2. The first-order valence-corrected chi connectivity index (χ1v) is 8.42. The lowest BCUT2D eigenvalue weighted by Crippen LogP contribution is -2.49.